The van der Waals surface area contributed by atoms with E-state index in [1.54, 1.807) is 67.6 Å². The summed E-state index contributed by atoms with van der Waals surface area (Å²) >= 11 is 1.48. The maximum Gasteiger partial charge on any atom is 0.243 e. The molecule has 1 aliphatic rings. The monoisotopic (exact) mass is 934 g/mol. The molecule has 8 atom stereocenters. The average Bonchev–Trinajstić information content (AvgIpc) is 3.68. The first kappa shape index (κ1) is 54.1. The SMILES string of the molecule is C=C(C)[C@H]1CN[C@H](C(=O)N[C@@H](CCC(N)=O)C(=O)N[C@@H](Cc2ccccc2)C(=O)N[C@@H](Cc2ccccc2)C(=O)NCC(=O)N[C@@H](CC(C)C)C(=O)N[C@@H](CCSC)C(N)=O)[C@H]1CC(N)=O. The van der Waals surface area contributed by atoms with Crippen LogP contribution in [0.5, 0.6) is 0 Å². The third-order valence-electron chi connectivity index (χ3n) is 11.1. The molecule has 1 fully saturated rings. The van der Waals surface area contributed by atoms with Gasteiger partial charge in [0, 0.05) is 32.2 Å². The Hall–Kier alpha value is -6.28. The molecule has 3 rings (SSSR count). The highest BCUT2D eigenvalue weighted by molar-refractivity contribution is 7.98. The van der Waals surface area contributed by atoms with Gasteiger partial charge in [-0.05, 0) is 67.1 Å². The lowest BCUT2D eigenvalue weighted by molar-refractivity contribution is -0.135. The topological polar surface area (TPSA) is 316 Å². The van der Waals surface area contributed by atoms with Gasteiger partial charge in [0.1, 0.15) is 30.2 Å². The first-order chi connectivity index (χ1) is 31.3. The Morgan fingerprint density at radius 3 is 1.73 bits per heavy atom. The Morgan fingerprint density at radius 2 is 1.23 bits per heavy atom. The molecule has 2 aromatic rings. The third-order valence-corrected chi connectivity index (χ3v) is 11.7. The normalized spacial score (nSPS) is 17.7. The molecule has 9 amide bonds. The number of carbonyl (C=O) groups excluding carboxylic acids is 9. The molecule has 2 aromatic carbocycles. The van der Waals surface area contributed by atoms with E-state index in [0.29, 0.717) is 29.8 Å². The van der Waals surface area contributed by atoms with E-state index in [-0.39, 0.29) is 50.4 Å². The highest BCUT2D eigenvalue weighted by Gasteiger charge is 2.42. The molecule has 0 saturated carbocycles. The highest BCUT2D eigenvalue weighted by atomic mass is 32.2. The summed E-state index contributed by atoms with van der Waals surface area (Å²) in [5.74, 6) is -6.70. The summed E-state index contributed by atoms with van der Waals surface area (Å²) in [4.78, 5) is 119. The van der Waals surface area contributed by atoms with E-state index in [0.717, 1.165) is 5.57 Å². The van der Waals surface area contributed by atoms with Crippen LogP contribution in [0.4, 0.5) is 0 Å². The first-order valence-corrected chi connectivity index (χ1v) is 23.3. The number of amides is 9. The molecule has 1 heterocycles. The lowest BCUT2D eigenvalue weighted by Crippen LogP contribution is -2.59. The van der Waals surface area contributed by atoms with Crippen molar-refractivity contribution >= 4 is 64.9 Å². The van der Waals surface area contributed by atoms with Crippen molar-refractivity contribution in [2.75, 3.05) is 25.1 Å². The Kier molecular flexibility index (Phi) is 22.3. The number of rotatable bonds is 28. The van der Waals surface area contributed by atoms with Crippen LogP contribution in [0.2, 0.25) is 0 Å². The van der Waals surface area contributed by atoms with Crippen molar-refractivity contribution in [1.29, 1.82) is 0 Å². The standard InChI is InChI=1S/C46H66N10O9S/c1-26(2)20-34(44(63)53-32(41(49)60)18-19-66-5)52-39(59)25-51-42(61)35(21-28-12-8-6-9-13-28)55-45(64)36(22-29-14-10-7-11-15-29)56-43(62)33(16-17-37(47)57)54-46(65)40-30(23-38(48)58)31(24-50-40)27(3)4/h6-15,26,30-36,40,50H,3,16-25H2,1-2,4-5H3,(H2,47,57)(H2,48,58)(H2,49,60)(H,51,61)(H,52,59)(H,53,63)(H,54,65)(H,55,64)(H,56,62)/t30-,31+,32-,33-,34-,35-,36-,40-/m0/s1. The van der Waals surface area contributed by atoms with Gasteiger partial charge >= 0.3 is 0 Å². The van der Waals surface area contributed by atoms with Crippen molar-refractivity contribution in [3.63, 3.8) is 0 Å². The van der Waals surface area contributed by atoms with Gasteiger partial charge in [-0.3, -0.25) is 43.2 Å². The zero-order valence-electron chi connectivity index (χ0n) is 38.1. The van der Waals surface area contributed by atoms with Crippen LogP contribution in [-0.4, -0.2) is 115 Å². The van der Waals surface area contributed by atoms with Crippen molar-refractivity contribution in [2.45, 2.75) is 102 Å². The molecular formula is C46H66N10O9S. The molecule has 1 saturated heterocycles. The number of hydrogen-bond donors (Lipinski definition) is 10. The molecule has 0 unspecified atom stereocenters. The predicted molar refractivity (Wildman–Crippen MR) is 250 cm³/mol. The molecule has 0 radical (unpaired) electrons. The summed E-state index contributed by atoms with van der Waals surface area (Å²) in [7, 11) is 0. The van der Waals surface area contributed by atoms with Crippen molar-refractivity contribution < 1.29 is 43.2 Å². The van der Waals surface area contributed by atoms with Crippen LogP contribution < -0.4 is 54.4 Å². The minimum atomic E-state index is -1.36. The highest BCUT2D eigenvalue weighted by Crippen LogP contribution is 2.31. The lowest BCUT2D eigenvalue weighted by Gasteiger charge is -2.27. The van der Waals surface area contributed by atoms with Gasteiger partial charge in [-0.25, -0.2) is 0 Å². The van der Waals surface area contributed by atoms with Crippen LogP contribution >= 0.6 is 11.8 Å². The van der Waals surface area contributed by atoms with Gasteiger partial charge in [0.05, 0.1) is 12.6 Å². The Labute approximate surface area is 390 Å². The van der Waals surface area contributed by atoms with Gasteiger partial charge in [-0.15, -0.1) is 0 Å². The molecule has 20 heteroatoms. The maximum atomic E-state index is 14.3. The summed E-state index contributed by atoms with van der Waals surface area (Å²) in [6.45, 7) is 9.21. The largest absolute Gasteiger partial charge is 0.370 e. The Balaban J connectivity index is 1.86. The smallest absolute Gasteiger partial charge is 0.243 e. The number of nitrogens with one attached hydrogen (secondary N) is 7. The fraction of sp³-hybridized carbons (Fsp3) is 0.500. The second-order valence-corrected chi connectivity index (χ2v) is 17.9. The van der Waals surface area contributed by atoms with Gasteiger partial charge in [0.2, 0.25) is 53.2 Å². The van der Waals surface area contributed by atoms with E-state index in [2.05, 4.69) is 43.8 Å². The second kappa shape index (κ2) is 27.3. The lowest BCUT2D eigenvalue weighted by atomic mass is 9.83. The maximum absolute atomic E-state index is 14.3. The van der Waals surface area contributed by atoms with Crippen LogP contribution in [0.25, 0.3) is 0 Å². The number of carbonyl (C=O) groups is 9. The molecule has 0 aliphatic carbocycles. The quantitative estimate of drug-likeness (QED) is 0.0472. The summed E-state index contributed by atoms with van der Waals surface area (Å²) in [5.41, 5.74) is 18.5. The van der Waals surface area contributed by atoms with Crippen molar-refractivity contribution in [1.82, 2.24) is 37.2 Å². The molecule has 19 nitrogen and oxygen atoms in total. The van der Waals surface area contributed by atoms with E-state index in [1.165, 1.54) is 11.8 Å². The molecule has 0 aromatic heterocycles. The molecule has 360 valence electrons. The van der Waals surface area contributed by atoms with Gasteiger partial charge in [0.15, 0.2) is 0 Å². The van der Waals surface area contributed by atoms with Crippen LogP contribution in [0.3, 0.4) is 0 Å². The number of nitrogens with two attached hydrogens (primary N) is 3. The number of thioether (sulfide) groups is 1. The number of benzene rings is 2. The first-order valence-electron chi connectivity index (χ1n) is 21.9. The van der Waals surface area contributed by atoms with Crippen molar-refractivity contribution in [3.8, 4) is 0 Å². The van der Waals surface area contributed by atoms with Crippen LogP contribution in [-0.2, 0) is 56.0 Å². The van der Waals surface area contributed by atoms with Gasteiger partial charge < -0.3 is 54.4 Å². The van der Waals surface area contributed by atoms with Gasteiger partial charge in [-0.2, -0.15) is 11.8 Å². The zero-order valence-corrected chi connectivity index (χ0v) is 38.9. The van der Waals surface area contributed by atoms with Gasteiger partial charge in [-0.1, -0.05) is 86.7 Å². The van der Waals surface area contributed by atoms with E-state index >= 15 is 0 Å². The van der Waals surface area contributed by atoms with E-state index in [1.807, 2.05) is 20.1 Å². The average molecular weight is 935 g/mol. The van der Waals surface area contributed by atoms with Crippen molar-refractivity contribution in [3.05, 3.63) is 83.9 Å². The minimum absolute atomic E-state index is 0.0295. The summed E-state index contributed by atoms with van der Waals surface area (Å²) < 4.78 is 0. The Morgan fingerprint density at radius 1 is 0.697 bits per heavy atom. The molecule has 0 bridgehead atoms. The van der Waals surface area contributed by atoms with E-state index < -0.39 is 102 Å². The second-order valence-electron chi connectivity index (χ2n) is 17.0. The predicted octanol–water partition coefficient (Wildman–Crippen LogP) is -0.782. The fourth-order valence-corrected chi connectivity index (χ4v) is 8.09. The number of primary amides is 3. The summed E-state index contributed by atoms with van der Waals surface area (Å²) in [6.07, 6.45) is 1.62. The zero-order chi connectivity index (χ0) is 48.9. The van der Waals surface area contributed by atoms with Crippen LogP contribution in [0.1, 0.15) is 64.0 Å². The van der Waals surface area contributed by atoms with Crippen LogP contribution in [0.15, 0.2) is 72.8 Å². The van der Waals surface area contributed by atoms with Crippen molar-refractivity contribution in [2.24, 2.45) is 35.0 Å². The molecular weight excluding hydrogens is 869 g/mol. The summed E-state index contributed by atoms with van der Waals surface area (Å²) in [5, 5.41) is 19.0. The molecule has 1 aliphatic heterocycles. The third kappa shape index (κ3) is 18.3. The van der Waals surface area contributed by atoms with Gasteiger partial charge in [0.25, 0.3) is 0 Å². The molecule has 66 heavy (non-hydrogen) atoms. The van der Waals surface area contributed by atoms with E-state index in [9.17, 15) is 43.2 Å². The molecule has 13 N–H and O–H groups in total. The Bertz CT molecular complexity index is 2020. The molecule has 0 spiro atoms. The fourth-order valence-electron chi connectivity index (χ4n) is 7.62. The minimum Gasteiger partial charge on any atom is -0.370 e. The number of hydrogen-bond acceptors (Lipinski definition) is 11. The van der Waals surface area contributed by atoms with E-state index in [4.69, 9.17) is 17.2 Å². The summed E-state index contributed by atoms with van der Waals surface area (Å²) in [6, 6.07) is 10.6. The van der Waals surface area contributed by atoms with Crippen LogP contribution in [0, 0.1) is 17.8 Å².